The number of allylic oxidation sites excluding steroid dienone is 26. The summed E-state index contributed by atoms with van der Waals surface area (Å²) in [4.78, 5) is 38.3. The lowest BCUT2D eigenvalue weighted by Gasteiger charge is -2.18. The van der Waals surface area contributed by atoms with Crippen molar-refractivity contribution in [2.45, 2.75) is 271 Å². The summed E-state index contributed by atoms with van der Waals surface area (Å²) in [6.45, 7) is 6.24. The minimum Gasteiger partial charge on any atom is -0.462 e. The van der Waals surface area contributed by atoms with E-state index >= 15 is 0 Å². The molecule has 0 aliphatic rings. The van der Waals surface area contributed by atoms with E-state index in [1.165, 1.54) is 64.2 Å². The Morgan fingerprint density at radius 1 is 0.253 bits per heavy atom. The summed E-state index contributed by atoms with van der Waals surface area (Å²) in [5, 5.41) is 0. The monoisotopic (exact) mass is 1090 g/mol. The van der Waals surface area contributed by atoms with Gasteiger partial charge >= 0.3 is 17.9 Å². The number of unbranched alkanes of at least 4 members (excludes halogenated alkanes) is 19. The molecule has 79 heavy (non-hydrogen) atoms. The molecule has 0 heterocycles. The summed E-state index contributed by atoms with van der Waals surface area (Å²) >= 11 is 0. The van der Waals surface area contributed by atoms with E-state index in [-0.39, 0.29) is 37.5 Å². The molecular formula is C73H116O6. The van der Waals surface area contributed by atoms with E-state index in [1.54, 1.807) is 0 Å². The molecule has 0 fully saturated rings. The molecule has 0 rings (SSSR count). The normalized spacial score (nSPS) is 13.2. The molecule has 0 amide bonds. The summed E-state index contributed by atoms with van der Waals surface area (Å²) < 4.78 is 16.9. The molecule has 0 aromatic carbocycles. The Labute approximate surface area is 486 Å². The number of esters is 3. The maximum absolute atomic E-state index is 12.9. The van der Waals surface area contributed by atoms with Crippen molar-refractivity contribution in [1.82, 2.24) is 0 Å². The Bertz CT molecular complexity index is 1780. The van der Waals surface area contributed by atoms with Gasteiger partial charge in [-0.1, -0.05) is 262 Å². The van der Waals surface area contributed by atoms with Gasteiger partial charge in [-0.3, -0.25) is 14.4 Å². The smallest absolute Gasteiger partial charge is 0.306 e. The van der Waals surface area contributed by atoms with E-state index in [0.717, 1.165) is 154 Å². The number of hydrogen-bond donors (Lipinski definition) is 0. The minimum absolute atomic E-state index is 0.107. The van der Waals surface area contributed by atoms with Crippen molar-refractivity contribution in [1.29, 1.82) is 0 Å². The Hall–Kier alpha value is -4.97. The zero-order valence-corrected chi connectivity index (χ0v) is 50.8. The fourth-order valence-electron chi connectivity index (χ4n) is 8.33. The van der Waals surface area contributed by atoms with Crippen molar-refractivity contribution in [3.05, 3.63) is 158 Å². The molecule has 1 unspecified atom stereocenters. The first-order valence-electron chi connectivity index (χ1n) is 32.0. The quantitative estimate of drug-likeness (QED) is 0.0261. The summed E-state index contributed by atoms with van der Waals surface area (Å²) in [6.07, 6.45) is 95.4. The van der Waals surface area contributed by atoms with Gasteiger partial charge in [-0.05, 0) is 141 Å². The molecule has 0 saturated carbocycles. The Kier molecular flexibility index (Phi) is 61.4. The third-order valence-electron chi connectivity index (χ3n) is 13.0. The van der Waals surface area contributed by atoms with Crippen LogP contribution in [0, 0.1) is 0 Å². The Morgan fingerprint density at radius 3 is 0.734 bits per heavy atom. The number of carbonyl (C=O) groups is 3. The average molecular weight is 1090 g/mol. The molecule has 6 heteroatoms. The number of rotatable bonds is 56. The van der Waals surface area contributed by atoms with Gasteiger partial charge in [0.2, 0.25) is 0 Å². The van der Waals surface area contributed by atoms with Crippen molar-refractivity contribution >= 4 is 17.9 Å². The molecule has 0 aliphatic heterocycles. The number of ether oxygens (including phenoxy) is 3. The Balaban J connectivity index is 4.32. The molecule has 0 spiro atoms. The van der Waals surface area contributed by atoms with Crippen molar-refractivity contribution in [2.75, 3.05) is 13.2 Å². The second kappa shape index (κ2) is 65.5. The van der Waals surface area contributed by atoms with Crippen LogP contribution in [0.2, 0.25) is 0 Å². The van der Waals surface area contributed by atoms with Gasteiger partial charge in [0, 0.05) is 19.3 Å². The van der Waals surface area contributed by atoms with Gasteiger partial charge < -0.3 is 14.2 Å². The lowest BCUT2D eigenvalue weighted by Crippen LogP contribution is -2.30. The van der Waals surface area contributed by atoms with E-state index in [4.69, 9.17) is 14.2 Å². The van der Waals surface area contributed by atoms with E-state index in [9.17, 15) is 14.4 Å². The van der Waals surface area contributed by atoms with E-state index in [1.807, 2.05) is 0 Å². The van der Waals surface area contributed by atoms with Crippen LogP contribution in [0.1, 0.15) is 265 Å². The van der Waals surface area contributed by atoms with E-state index in [2.05, 4.69) is 179 Å². The predicted octanol–water partition coefficient (Wildman–Crippen LogP) is 22.1. The maximum Gasteiger partial charge on any atom is 0.306 e. The third kappa shape index (κ3) is 63.7. The van der Waals surface area contributed by atoms with Crippen molar-refractivity contribution < 1.29 is 28.6 Å². The van der Waals surface area contributed by atoms with Crippen molar-refractivity contribution in [2.24, 2.45) is 0 Å². The first-order chi connectivity index (χ1) is 39.0. The minimum atomic E-state index is -0.815. The fraction of sp³-hybridized carbons (Fsp3) is 0.603. The summed E-state index contributed by atoms with van der Waals surface area (Å²) in [7, 11) is 0. The summed E-state index contributed by atoms with van der Waals surface area (Å²) in [5.41, 5.74) is 0. The molecule has 1 atom stereocenters. The molecule has 444 valence electrons. The van der Waals surface area contributed by atoms with Gasteiger partial charge in [-0.15, -0.1) is 0 Å². The van der Waals surface area contributed by atoms with Crippen molar-refractivity contribution in [3.8, 4) is 0 Å². The summed E-state index contributed by atoms with van der Waals surface area (Å²) in [5.74, 6) is -0.971. The standard InChI is InChI=1S/C73H116O6/c1-4-7-10-13-16-19-22-25-28-29-30-31-32-33-34-35-36-37-38-39-40-41-42-43-46-48-51-54-57-60-63-66-72(75)78-69-70(79-73(76)67-64-61-58-55-52-49-45-27-24-21-18-15-12-9-6-3)68-77-71(74)65-62-59-56-53-50-47-44-26-23-20-17-14-11-8-5-2/h7-12,16-21,25-28,30-31,33-34,36-37,44-45,52,55,70H,4-6,13-15,22-24,29,32,35,38-43,46-51,53-54,56-69H2,1-3H3/b10-7-,11-8-,12-9-,19-16-,20-17-,21-18-,28-25-,31-30-,34-33-,37-36-,44-26-,45-27-,55-52-. The SMILES string of the molecule is CC/C=C\C/C=C\C/C=C\C/C=C\C/C=C\C/C=C\CCCCCCCCCCCCCCC(=O)OCC(COC(=O)CCCCCCC/C=C\C/C=C\C/C=C\CC)OC(=O)CCCC/C=C\C/C=C\C/C=C\C/C=C\CC. The highest BCUT2D eigenvalue weighted by atomic mass is 16.6. The third-order valence-corrected chi connectivity index (χ3v) is 13.0. The topological polar surface area (TPSA) is 78.9 Å². The lowest BCUT2D eigenvalue weighted by atomic mass is 10.0. The molecule has 0 aliphatic carbocycles. The first-order valence-corrected chi connectivity index (χ1v) is 32.0. The van der Waals surface area contributed by atoms with Gasteiger partial charge in [0.05, 0.1) is 0 Å². The molecule has 0 aromatic rings. The first kappa shape index (κ1) is 74.0. The Morgan fingerprint density at radius 2 is 0.456 bits per heavy atom. The van der Waals surface area contributed by atoms with Gasteiger partial charge in [0.25, 0.3) is 0 Å². The predicted molar refractivity (Wildman–Crippen MR) is 343 cm³/mol. The van der Waals surface area contributed by atoms with Gasteiger partial charge in [0.15, 0.2) is 6.10 Å². The molecule has 0 saturated heterocycles. The highest BCUT2D eigenvalue weighted by Crippen LogP contribution is 2.15. The zero-order valence-electron chi connectivity index (χ0n) is 50.8. The van der Waals surface area contributed by atoms with Crippen LogP contribution in [0.15, 0.2) is 158 Å². The molecule has 0 aromatic heterocycles. The second-order valence-corrected chi connectivity index (χ2v) is 20.5. The van der Waals surface area contributed by atoms with Crippen LogP contribution in [0.4, 0.5) is 0 Å². The van der Waals surface area contributed by atoms with Gasteiger partial charge in [0.1, 0.15) is 13.2 Å². The van der Waals surface area contributed by atoms with Crippen LogP contribution in [0.5, 0.6) is 0 Å². The average Bonchev–Trinajstić information content (AvgIpc) is 3.45. The highest BCUT2D eigenvalue weighted by molar-refractivity contribution is 5.71. The van der Waals surface area contributed by atoms with Crippen LogP contribution in [0.3, 0.4) is 0 Å². The summed E-state index contributed by atoms with van der Waals surface area (Å²) in [6, 6.07) is 0. The maximum atomic E-state index is 12.9. The number of carbonyl (C=O) groups excluding carboxylic acids is 3. The fourth-order valence-corrected chi connectivity index (χ4v) is 8.33. The number of hydrogen-bond acceptors (Lipinski definition) is 6. The van der Waals surface area contributed by atoms with Crippen LogP contribution in [-0.4, -0.2) is 37.2 Å². The molecule has 0 N–H and O–H groups in total. The van der Waals surface area contributed by atoms with Crippen LogP contribution < -0.4 is 0 Å². The van der Waals surface area contributed by atoms with Gasteiger partial charge in [-0.25, -0.2) is 0 Å². The molecule has 0 radical (unpaired) electrons. The second-order valence-electron chi connectivity index (χ2n) is 20.5. The molecule has 0 bridgehead atoms. The van der Waals surface area contributed by atoms with Crippen molar-refractivity contribution in [3.63, 3.8) is 0 Å². The molecule has 6 nitrogen and oxygen atoms in total. The molecular weight excluding hydrogens is 973 g/mol. The van der Waals surface area contributed by atoms with Crippen LogP contribution in [-0.2, 0) is 28.6 Å². The highest BCUT2D eigenvalue weighted by Gasteiger charge is 2.19. The van der Waals surface area contributed by atoms with E-state index < -0.39 is 6.10 Å². The van der Waals surface area contributed by atoms with E-state index in [0.29, 0.717) is 19.3 Å². The van der Waals surface area contributed by atoms with Crippen LogP contribution in [0.25, 0.3) is 0 Å². The van der Waals surface area contributed by atoms with Crippen LogP contribution >= 0.6 is 0 Å². The van der Waals surface area contributed by atoms with Gasteiger partial charge in [-0.2, -0.15) is 0 Å². The zero-order chi connectivity index (χ0) is 57.1. The largest absolute Gasteiger partial charge is 0.462 e. The lowest BCUT2D eigenvalue weighted by molar-refractivity contribution is -0.167.